The summed E-state index contributed by atoms with van der Waals surface area (Å²) in [7, 11) is 0. The fourth-order valence-electron chi connectivity index (χ4n) is 2.48. The Morgan fingerprint density at radius 2 is 1.65 bits per heavy atom. The lowest BCUT2D eigenvalue weighted by Crippen LogP contribution is -2.38. The van der Waals surface area contributed by atoms with Crippen LogP contribution in [0.4, 0.5) is 4.39 Å². The van der Waals surface area contributed by atoms with Crippen LogP contribution in [0.25, 0.3) is 6.08 Å². The van der Waals surface area contributed by atoms with E-state index in [1.54, 1.807) is 35.2 Å². The lowest BCUT2D eigenvalue weighted by molar-refractivity contribution is -0.127. The highest BCUT2D eigenvalue weighted by Gasteiger charge is 2.19. The summed E-state index contributed by atoms with van der Waals surface area (Å²) in [5.74, 6) is -1.21. The topological polar surface area (TPSA) is 49.4 Å². The lowest BCUT2D eigenvalue weighted by Gasteiger charge is -2.21. The highest BCUT2D eigenvalue weighted by atomic mass is 19.1. The maximum atomic E-state index is 14.0. The van der Waals surface area contributed by atoms with Crippen molar-refractivity contribution in [1.29, 1.82) is 0 Å². The van der Waals surface area contributed by atoms with E-state index in [1.165, 1.54) is 12.1 Å². The van der Waals surface area contributed by atoms with Gasteiger partial charge in [-0.2, -0.15) is 0 Å². The van der Waals surface area contributed by atoms with E-state index < -0.39 is 11.7 Å². The fourth-order valence-corrected chi connectivity index (χ4v) is 2.48. The molecule has 0 fully saturated rings. The summed E-state index contributed by atoms with van der Waals surface area (Å²) in [6.45, 7) is 6.61. The van der Waals surface area contributed by atoms with Crippen LogP contribution >= 0.6 is 0 Å². The molecule has 2 aromatic carbocycles. The van der Waals surface area contributed by atoms with Crippen molar-refractivity contribution in [1.82, 2.24) is 10.2 Å². The van der Waals surface area contributed by atoms with Crippen molar-refractivity contribution in [2.24, 2.45) is 0 Å². The van der Waals surface area contributed by atoms with E-state index in [0.717, 1.165) is 5.56 Å². The maximum Gasteiger partial charge on any atom is 0.270 e. The predicted octanol–water partition coefficient (Wildman–Crippen LogP) is 3.77. The van der Waals surface area contributed by atoms with Crippen LogP contribution in [-0.2, 0) is 4.79 Å². The molecule has 26 heavy (non-hydrogen) atoms. The van der Waals surface area contributed by atoms with Crippen LogP contribution in [0.5, 0.6) is 0 Å². The Morgan fingerprint density at radius 1 is 1.04 bits per heavy atom. The molecule has 5 heteroatoms. The predicted molar refractivity (Wildman–Crippen MR) is 101 cm³/mol. The summed E-state index contributed by atoms with van der Waals surface area (Å²) in [6.07, 6.45) is 1.38. The molecule has 4 nitrogen and oxygen atoms in total. The van der Waals surface area contributed by atoms with Crippen molar-refractivity contribution in [3.8, 4) is 0 Å². The van der Waals surface area contributed by atoms with Gasteiger partial charge in [-0.05, 0) is 45.0 Å². The van der Waals surface area contributed by atoms with E-state index in [1.807, 2.05) is 32.9 Å². The number of carbonyl (C=O) groups is 2. The monoisotopic (exact) mass is 354 g/mol. The molecule has 0 aliphatic rings. The molecule has 2 amide bonds. The molecule has 1 N–H and O–H groups in total. The molecule has 136 valence electrons. The first-order chi connectivity index (χ1) is 12.5. The summed E-state index contributed by atoms with van der Waals surface area (Å²) < 4.78 is 14.0. The quantitative estimate of drug-likeness (QED) is 0.803. The second kappa shape index (κ2) is 8.94. The van der Waals surface area contributed by atoms with Gasteiger partial charge in [0.05, 0.1) is 0 Å². The van der Waals surface area contributed by atoms with E-state index in [-0.39, 0.29) is 17.2 Å². The van der Waals surface area contributed by atoms with Crippen LogP contribution in [0.1, 0.15) is 35.3 Å². The summed E-state index contributed by atoms with van der Waals surface area (Å²) in [5, 5.41) is 2.64. The third kappa shape index (κ3) is 4.79. The van der Waals surface area contributed by atoms with Gasteiger partial charge in [0.25, 0.3) is 11.8 Å². The normalized spacial score (nSPS) is 11.2. The van der Waals surface area contributed by atoms with Crippen molar-refractivity contribution in [2.45, 2.75) is 20.8 Å². The van der Waals surface area contributed by atoms with Crippen LogP contribution in [0, 0.1) is 12.7 Å². The van der Waals surface area contributed by atoms with E-state index in [4.69, 9.17) is 0 Å². The number of aryl methyl sites for hydroxylation is 1. The van der Waals surface area contributed by atoms with Gasteiger partial charge in [0.2, 0.25) is 0 Å². The van der Waals surface area contributed by atoms with Gasteiger partial charge >= 0.3 is 0 Å². The zero-order valence-corrected chi connectivity index (χ0v) is 15.3. The molecule has 2 aromatic rings. The number of nitrogens with one attached hydrogen (secondary N) is 1. The third-order valence-corrected chi connectivity index (χ3v) is 4.05. The third-order valence-electron chi connectivity index (χ3n) is 4.05. The minimum Gasteiger partial charge on any atom is -0.338 e. The van der Waals surface area contributed by atoms with Gasteiger partial charge in [0.1, 0.15) is 11.5 Å². The molecule has 0 unspecified atom stereocenters. The summed E-state index contributed by atoms with van der Waals surface area (Å²) in [6, 6.07) is 13.1. The van der Waals surface area contributed by atoms with Crippen LogP contribution in [0.15, 0.2) is 54.2 Å². The number of hydrogen-bond acceptors (Lipinski definition) is 2. The van der Waals surface area contributed by atoms with Gasteiger partial charge in [0, 0.05) is 24.2 Å². The zero-order valence-electron chi connectivity index (χ0n) is 15.3. The van der Waals surface area contributed by atoms with Crippen LogP contribution in [0.2, 0.25) is 0 Å². The number of amides is 2. The van der Waals surface area contributed by atoms with Crippen LogP contribution in [0.3, 0.4) is 0 Å². The zero-order chi connectivity index (χ0) is 19.1. The highest BCUT2D eigenvalue weighted by Crippen LogP contribution is 2.13. The first kappa shape index (κ1) is 19.4. The Balaban J connectivity index is 2.37. The Bertz CT molecular complexity index is 809. The number of hydrogen-bond donors (Lipinski definition) is 1. The van der Waals surface area contributed by atoms with Gasteiger partial charge in [-0.1, -0.05) is 35.9 Å². The second-order valence-corrected chi connectivity index (χ2v) is 5.88. The Kier molecular flexibility index (Phi) is 6.67. The molecule has 0 aromatic heterocycles. The summed E-state index contributed by atoms with van der Waals surface area (Å²) in [5.41, 5.74) is 1.75. The Morgan fingerprint density at radius 3 is 2.23 bits per heavy atom. The molecule has 0 aliphatic heterocycles. The fraction of sp³-hybridized carbons (Fsp3) is 0.238. The van der Waals surface area contributed by atoms with E-state index in [2.05, 4.69) is 5.32 Å². The van der Waals surface area contributed by atoms with Crippen molar-refractivity contribution in [3.05, 3.63) is 76.7 Å². The summed E-state index contributed by atoms with van der Waals surface area (Å²) >= 11 is 0. The minimum absolute atomic E-state index is 0.0457. The molecule has 0 heterocycles. The molecule has 0 saturated carbocycles. The molecular weight excluding hydrogens is 331 g/mol. The average molecular weight is 354 g/mol. The highest BCUT2D eigenvalue weighted by molar-refractivity contribution is 6.05. The van der Waals surface area contributed by atoms with Gasteiger partial charge in [-0.3, -0.25) is 9.59 Å². The molecule has 0 saturated heterocycles. The molecule has 0 spiro atoms. The standard InChI is InChI=1S/C21H23FN2O2/c1-4-24(5-2)21(26)19(14-17-8-6-7-9-18(17)22)23-20(25)16-12-10-15(3)11-13-16/h6-14H,4-5H2,1-3H3,(H,23,25)/b19-14+. The van der Waals surface area contributed by atoms with Crippen molar-refractivity contribution in [3.63, 3.8) is 0 Å². The molecular formula is C21H23FN2O2. The van der Waals surface area contributed by atoms with Crippen LogP contribution in [-0.4, -0.2) is 29.8 Å². The van der Waals surface area contributed by atoms with Gasteiger partial charge in [-0.15, -0.1) is 0 Å². The number of nitrogens with zero attached hydrogens (tertiary/aromatic N) is 1. The van der Waals surface area contributed by atoms with E-state index >= 15 is 0 Å². The number of benzene rings is 2. The molecule has 0 atom stereocenters. The molecule has 0 radical (unpaired) electrons. The molecule has 0 aliphatic carbocycles. The summed E-state index contributed by atoms with van der Waals surface area (Å²) in [4.78, 5) is 26.9. The van der Waals surface area contributed by atoms with Gasteiger partial charge in [-0.25, -0.2) is 4.39 Å². The number of halogens is 1. The number of rotatable bonds is 6. The Labute approximate surface area is 153 Å². The Hall–Kier alpha value is -2.95. The lowest BCUT2D eigenvalue weighted by atomic mass is 10.1. The van der Waals surface area contributed by atoms with Crippen LogP contribution < -0.4 is 5.32 Å². The van der Waals surface area contributed by atoms with Crippen molar-refractivity contribution >= 4 is 17.9 Å². The second-order valence-electron chi connectivity index (χ2n) is 5.88. The smallest absolute Gasteiger partial charge is 0.270 e. The van der Waals surface area contributed by atoms with Gasteiger partial charge in [0.15, 0.2) is 0 Å². The van der Waals surface area contributed by atoms with E-state index in [9.17, 15) is 14.0 Å². The first-order valence-electron chi connectivity index (χ1n) is 8.59. The SMILES string of the molecule is CCN(CC)C(=O)/C(=C\c1ccccc1F)NC(=O)c1ccc(C)cc1. The molecule has 0 bridgehead atoms. The van der Waals surface area contributed by atoms with Crippen molar-refractivity contribution in [2.75, 3.05) is 13.1 Å². The van der Waals surface area contributed by atoms with Gasteiger partial charge < -0.3 is 10.2 Å². The number of likely N-dealkylation sites (N-methyl/N-ethyl adjacent to an activating group) is 1. The van der Waals surface area contributed by atoms with E-state index in [0.29, 0.717) is 18.7 Å². The maximum absolute atomic E-state index is 14.0. The van der Waals surface area contributed by atoms with Crippen molar-refractivity contribution < 1.29 is 14.0 Å². The first-order valence-corrected chi connectivity index (χ1v) is 8.59. The minimum atomic E-state index is -0.457. The average Bonchev–Trinajstić information content (AvgIpc) is 2.64. The largest absolute Gasteiger partial charge is 0.338 e. The number of carbonyl (C=O) groups excluding carboxylic acids is 2. The molecule has 2 rings (SSSR count).